The zero-order valence-electron chi connectivity index (χ0n) is 27.0. The number of pyridine rings is 2. The van der Waals surface area contributed by atoms with Crippen molar-refractivity contribution in [3.05, 3.63) is 176 Å². The van der Waals surface area contributed by atoms with Crippen LogP contribution in [0.25, 0.3) is 76.8 Å². The van der Waals surface area contributed by atoms with Gasteiger partial charge in [-0.05, 0) is 98.4 Å². The molecule has 3 heterocycles. The Hall–Kier alpha value is -6.78. The van der Waals surface area contributed by atoms with Crippen molar-refractivity contribution in [2.45, 2.75) is 0 Å². The molecule has 0 radical (unpaired) electrons. The summed E-state index contributed by atoms with van der Waals surface area (Å²) < 4.78 is 6.45. The van der Waals surface area contributed by atoms with Gasteiger partial charge in [0.2, 0.25) is 0 Å². The van der Waals surface area contributed by atoms with Crippen LogP contribution in [0.3, 0.4) is 0 Å². The quantitative estimate of drug-likeness (QED) is 0.188. The van der Waals surface area contributed by atoms with E-state index in [1.807, 2.05) is 18.5 Å². The van der Waals surface area contributed by atoms with E-state index in [2.05, 4.69) is 168 Å². The first-order valence-corrected chi connectivity index (χ1v) is 16.8. The maximum atomic E-state index is 6.45. The molecule has 0 spiro atoms. The summed E-state index contributed by atoms with van der Waals surface area (Å²) in [5.74, 6) is 0. The Morgan fingerprint density at radius 3 is 1.70 bits per heavy atom. The lowest BCUT2D eigenvalue weighted by atomic mass is 10.0. The van der Waals surface area contributed by atoms with Crippen LogP contribution in [-0.2, 0) is 0 Å². The summed E-state index contributed by atoms with van der Waals surface area (Å²) in [5, 5.41) is 6.94. The monoisotopic (exact) mass is 639 g/mol. The van der Waals surface area contributed by atoms with E-state index in [4.69, 9.17) is 9.40 Å². The van der Waals surface area contributed by atoms with Crippen LogP contribution in [0.1, 0.15) is 0 Å². The molecule has 3 aromatic heterocycles. The van der Waals surface area contributed by atoms with Gasteiger partial charge >= 0.3 is 0 Å². The van der Waals surface area contributed by atoms with Crippen LogP contribution >= 0.6 is 0 Å². The molecular weight excluding hydrogens is 611 g/mol. The van der Waals surface area contributed by atoms with Gasteiger partial charge in [0.25, 0.3) is 0 Å². The molecule has 50 heavy (non-hydrogen) atoms. The van der Waals surface area contributed by atoms with E-state index in [9.17, 15) is 0 Å². The summed E-state index contributed by atoms with van der Waals surface area (Å²) in [6.45, 7) is 0. The Kier molecular flexibility index (Phi) is 6.46. The van der Waals surface area contributed by atoms with Gasteiger partial charge in [-0.2, -0.15) is 0 Å². The second kappa shape index (κ2) is 11.4. The van der Waals surface area contributed by atoms with Crippen molar-refractivity contribution < 1.29 is 4.42 Å². The summed E-state index contributed by atoms with van der Waals surface area (Å²) >= 11 is 0. The molecule has 0 bridgehead atoms. The van der Waals surface area contributed by atoms with Crippen LogP contribution in [0.4, 0.5) is 17.1 Å². The molecule has 0 aliphatic carbocycles. The summed E-state index contributed by atoms with van der Waals surface area (Å²) in [4.78, 5) is 11.8. The van der Waals surface area contributed by atoms with Crippen molar-refractivity contribution in [2.75, 3.05) is 4.90 Å². The number of furan rings is 1. The second-order valence-electron chi connectivity index (χ2n) is 12.7. The van der Waals surface area contributed by atoms with E-state index in [0.717, 1.165) is 72.1 Å². The Morgan fingerprint density at radius 2 is 0.980 bits per heavy atom. The van der Waals surface area contributed by atoms with E-state index in [-0.39, 0.29) is 0 Å². The molecule has 7 aromatic carbocycles. The van der Waals surface area contributed by atoms with Gasteiger partial charge in [0.05, 0.1) is 17.4 Å². The van der Waals surface area contributed by atoms with E-state index in [1.54, 1.807) is 0 Å². The van der Waals surface area contributed by atoms with E-state index in [0.29, 0.717) is 0 Å². The van der Waals surface area contributed by atoms with Crippen LogP contribution in [-0.4, -0.2) is 9.97 Å². The van der Waals surface area contributed by atoms with Gasteiger partial charge in [-0.1, -0.05) is 103 Å². The molecule has 0 saturated carbocycles. The highest BCUT2D eigenvalue weighted by Gasteiger charge is 2.17. The van der Waals surface area contributed by atoms with Crippen LogP contribution in [0.2, 0.25) is 0 Å². The predicted octanol–water partition coefficient (Wildman–Crippen LogP) is 12.6. The predicted molar refractivity (Wildman–Crippen MR) is 207 cm³/mol. The number of nitrogens with zero attached hydrogens (tertiary/aromatic N) is 3. The Labute approximate surface area is 288 Å². The van der Waals surface area contributed by atoms with Crippen molar-refractivity contribution in [1.82, 2.24) is 9.97 Å². The number of fused-ring (bicyclic) bond motifs is 6. The fourth-order valence-electron chi connectivity index (χ4n) is 7.11. The minimum absolute atomic E-state index is 0.755. The van der Waals surface area contributed by atoms with Crippen LogP contribution in [0, 0.1) is 0 Å². The maximum absolute atomic E-state index is 6.45. The third-order valence-corrected chi connectivity index (χ3v) is 9.69. The summed E-state index contributed by atoms with van der Waals surface area (Å²) in [7, 11) is 0. The number of rotatable bonds is 5. The first-order valence-electron chi connectivity index (χ1n) is 16.8. The van der Waals surface area contributed by atoms with Gasteiger partial charge in [0, 0.05) is 34.4 Å². The lowest BCUT2D eigenvalue weighted by Gasteiger charge is -2.25. The normalized spacial score (nSPS) is 11.6. The number of anilines is 3. The second-order valence-corrected chi connectivity index (χ2v) is 12.7. The molecule has 0 aliphatic heterocycles. The third-order valence-electron chi connectivity index (χ3n) is 9.69. The molecule has 0 fully saturated rings. The minimum atomic E-state index is 0.755. The van der Waals surface area contributed by atoms with Gasteiger partial charge < -0.3 is 9.32 Å². The molecule has 4 nitrogen and oxygen atoms in total. The zero-order chi connectivity index (χ0) is 33.0. The van der Waals surface area contributed by atoms with Crippen LogP contribution < -0.4 is 4.90 Å². The Balaban J connectivity index is 1.08. The van der Waals surface area contributed by atoms with Crippen molar-refractivity contribution >= 4 is 71.6 Å². The number of hydrogen-bond acceptors (Lipinski definition) is 4. The van der Waals surface area contributed by atoms with Gasteiger partial charge in [-0.15, -0.1) is 0 Å². The van der Waals surface area contributed by atoms with Crippen molar-refractivity contribution in [2.24, 2.45) is 0 Å². The minimum Gasteiger partial charge on any atom is -0.454 e. The molecular formula is C46H29N3O. The summed E-state index contributed by atoms with van der Waals surface area (Å²) in [6, 6.07) is 57.8. The van der Waals surface area contributed by atoms with E-state index < -0.39 is 0 Å². The lowest BCUT2D eigenvalue weighted by Crippen LogP contribution is -2.10. The average molecular weight is 640 g/mol. The van der Waals surface area contributed by atoms with Crippen molar-refractivity contribution in [1.29, 1.82) is 0 Å². The van der Waals surface area contributed by atoms with Crippen molar-refractivity contribution in [3.63, 3.8) is 0 Å². The smallest absolute Gasteiger partial charge is 0.155 e. The molecule has 0 N–H and O–H groups in total. The van der Waals surface area contributed by atoms with E-state index in [1.165, 1.54) is 21.7 Å². The highest BCUT2D eigenvalue weighted by molar-refractivity contribution is 6.09. The van der Waals surface area contributed by atoms with Gasteiger partial charge in [0.15, 0.2) is 5.58 Å². The first-order chi connectivity index (χ1) is 24.7. The Bertz CT molecular complexity index is 2750. The topological polar surface area (TPSA) is 42.2 Å². The molecule has 0 atom stereocenters. The SMILES string of the molecule is c1ccc2cc(-c3ccc(N(c4ccc(-c5ccc6cccnc6c5)cc4)c4cnc5c(c4)oc4cc6ccccc6cc45)cc3)ccc2c1. The standard InChI is InChI=1S/C46H29N3O/c1-2-7-34-24-37(13-11-30(34)6-1)31-15-19-39(20-16-31)49(40-21-17-32(18-22-40)38-14-12-33-10-5-23-47-43(33)26-38)41-28-45-46(48-29-41)42-25-35-8-3-4-9-36(35)27-44(42)50-45/h1-29H. The summed E-state index contributed by atoms with van der Waals surface area (Å²) in [5.41, 5.74) is 11.0. The largest absolute Gasteiger partial charge is 0.454 e. The molecule has 10 aromatic rings. The Morgan fingerprint density at radius 1 is 0.400 bits per heavy atom. The highest BCUT2D eigenvalue weighted by Crippen LogP contribution is 2.40. The van der Waals surface area contributed by atoms with Gasteiger partial charge in [-0.3, -0.25) is 4.98 Å². The van der Waals surface area contributed by atoms with Crippen LogP contribution in [0.15, 0.2) is 181 Å². The molecule has 0 amide bonds. The highest BCUT2D eigenvalue weighted by atomic mass is 16.3. The number of benzene rings is 7. The fourth-order valence-corrected chi connectivity index (χ4v) is 7.11. The molecule has 10 rings (SSSR count). The maximum Gasteiger partial charge on any atom is 0.155 e. The number of hydrogen-bond donors (Lipinski definition) is 0. The number of aromatic nitrogens is 2. The summed E-state index contributed by atoms with van der Waals surface area (Å²) in [6.07, 6.45) is 3.79. The molecule has 0 aliphatic rings. The molecule has 4 heteroatoms. The third kappa shape index (κ3) is 4.85. The molecule has 234 valence electrons. The molecule has 0 saturated heterocycles. The first kappa shape index (κ1) is 28.3. The van der Waals surface area contributed by atoms with E-state index >= 15 is 0 Å². The van der Waals surface area contributed by atoms with Crippen molar-refractivity contribution in [3.8, 4) is 22.3 Å². The van der Waals surface area contributed by atoms with Gasteiger partial charge in [-0.25, -0.2) is 4.98 Å². The average Bonchev–Trinajstić information content (AvgIpc) is 3.53. The fraction of sp³-hybridized carbons (Fsp3) is 0. The van der Waals surface area contributed by atoms with Gasteiger partial charge in [0.1, 0.15) is 11.1 Å². The molecule has 0 unspecified atom stereocenters. The lowest BCUT2D eigenvalue weighted by molar-refractivity contribution is 0.668. The zero-order valence-corrected chi connectivity index (χ0v) is 27.0. The van der Waals surface area contributed by atoms with Crippen LogP contribution in [0.5, 0.6) is 0 Å².